The van der Waals surface area contributed by atoms with Gasteiger partial charge in [0.1, 0.15) is 0 Å². The van der Waals surface area contributed by atoms with Crippen LogP contribution in [0, 0.1) is 0 Å². The molecule has 62 valence electrons. The average molecular weight is 192 g/mol. The first kappa shape index (κ1) is 12.8. The Labute approximate surface area is 117 Å². The summed E-state index contributed by atoms with van der Waals surface area (Å²) in [6.45, 7) is 1.09. The van der Waals surface area contributed by atoms with Crippen molar-refractivity contribution in [2.24, 2.45) is 0 Å². The van der Waals surface area contributed by atoms with E-state index in [2.05, 4.69) is 0 Å². The largest absolute Gasteiger partial charge is 1.00 e. The van der Waals surface area contributed by atoms with E-state index in [1.807, 2.05) is 30.3 Å². The Morgan fingerprint density at radius 3 is 2.50 bits per heavy atom. The van der Waals surface area contributed by atoms with Crippen molar-refractivity contribution in [2.75, 3.05) is 13.2 Å². The molecule has 0 heterocycles. The molecule has 0 atom stereocenters. The van der Waals surface area contributed by atoms with Crippen molar-refractivity contribution in [1.82, 2.24) is 0 Å². The predicted molar refractivity (Wildman–Crippen MR) is 44.3 cm³/mol. The van der Waals surface area contributed by atoms with Crippen molar-refractivity contribution in [1.29, 1.82) is 0 Å². The van der Waals surface area contributed by atoms with E-state index in [1.54, 1.807) is 0 Å². The Morgan fingerprint density at radius 2 is 1.92 bits per heavy atom. The summed E-state index contributed by atoms with van der Waals surface area (Å²) < 4.78 is 5.12. The van der Waals surface area contributed by atoms with Crippen molar-refractivity contribution in [2.45, 2.75) is 6.61 Å². The molecule has 1 aromatic rings. The summed E-state index contributed by atoms with van der Waals surface area (Å²) in [6.07, 6.45) is 0. The number of rotatable bonds is 4. The number of hydrogen-bond donors (Lipinski definition) is 1. The maximum Gasteiger partial charge on any atom is 1.00 e. The van der Waals surface area contributed by atoms with Crippen LogP contribution in [-0.2, 0) is 11.3 Å². The first-order valence-corrected chi connectivity index (χ1v) is 3.66. The van der Waals surface area contributed by atoms with Crippen molar-refractivity contribution in [3.63, 3.8) is 0 Å². The molecule has 0 aromatic heterocycles. The molecule has 3 heteroatoms. The van der Waals surface area contributed by atoms with E-state index in [4.69, 9.17) is 9.84 Å². The van der Waals surface area contributed by atoms with Gasteiger partial charge in [-0.3, -0.25) is 0 Å². The van der Waals surface area contributed by atoms with Crippen molar-refractivity contribution in [3.05, 3.63) is 35.9 Å². The molecule has 0 spiro atoms. The molecule has 2 nitrogen and oxygen atoms in total. The third kappa shape index (κ3) is 5.43. The SMILES string of the molecule is OCCOCc1ccccc1.[H-].[K+]. The van der Waals surface area contributed by atoms with Gasteiger partial charge in [-0.25, -0.2) is 0 Å². The summed E-state index contributed by atoms with van der Waals surface area (Å²) in [7, 11) is 0. The van der Waals surface area contributed by atoms with Gasteiger partial charge in [0, 0.05) is 0 Å². The molecule has 0 saturated heterocycles. The zero-order chi connectivity index (χ0) is 7.94. The zero-order valence-electron chi connectivity index (χ0n) is 8.36. The van der Waals surface area contributed by atoms with Crippen molar-refractivity contribution in [3.8, 4) is 0 Å². The topological polar surface area (TPSA) is 29.5 Å². The third-order valence-corrected chi connectivity index (χ3v) is 1.35. The minimum absolute atomic E-state index is 0. The fourth-order valence-corrected chi connectivity index (χ4v) is 0.829. The van der Waals surface area contributed by atoms with Crippen LogP contribution in [0.15, 0.2) is 30.3 Å². The van der Waals surface area contributed by atoms with E-state index in [0.717, 1.165) is 5.56 Å². The predicted octanol–water partition coefficient (Wildman–Crippen LogP) is -1.69. The second-order valence-corrected chi connectivity index (χ2v) is 2.26. The molecule has 0 bridgehead atoms. The average Bonchev–Trinajstić information content (AvgIpc) is 2.07. The summed E-state index contributed by atoms with van der Waals surface area (Å²) in [4.78, 5) is 0. The summed E-state index contributed by atoms with van der Waals surface area (Å²) >= 11 is 0. The molecule has 1 N–H and O–H groups in total. The second-order valence-electron chi connectivity index (χ2n) is 2.26. The number of benzene rings is 1. The fourth-order valence-electron chi connectivity index (χ4n) is 0.829. The van der Waals surface area contributed by atoms with Gasteiger partial charge in [-0.15, -0.1) is 0 Å². The van der Waals surface area contributed by atoms with Crippen LogP contribution in [0.1, 0.15) is 6.99 Å². The van der Waals surface area contributed by atoms with Crippen LogP contribution in [0.5, 0.6) is 0 Å². The van der Waals surface area contributed by atoms with E-state index >= 15 is 0 Å². The minimum atomic E-state index is 0. The standard InChI is InChI=1S/C9H12O2.K.H/c10-6-7-11-8-9-4-2-1-3-5-9;;/h1-5,10H,6-8H2;;/q;+1;-1. The number of ether oxygens (including phenoxy) is 1. The molecule has 0 saturated carbocycles. The van der Waals surface area contributed by atoms with Gasteiger partial charge in [0.15, 0.2) is 0 Å². The van der Waals surface area contributed by atoms with Gasteiger partial charge in [-0.1, -0.05) is 30.3 Å². The normalized spacial score (nSPS) is 9.08. The first-order chi connectivity index (χ1) is 5.43. The van der Waals surface area contributed by atoms with E-state index in [1.165, 1.54) is 0 Å². The fraction of sp³-hybridized carbons (Fsp3) is 0.333. The van der Waals surface area contributed by atoms with Crippen LogP contribution in [-0.4, -0.2) is 18.3 Å². The van der Waals surface area contributed by atoms with Crippen LogP contribution in [0.4, 0.5) is 0 Å². The van der Waals surface area contributed by atoms with Gasteiger partial charge in [0.2, 0.25) is 0 Å². The minimum Gasteiger partial charge on any atom is -1.00 e. The molecule has 0 unspecified atom stereocenters. The number of aliphatic hydroxyl groups excluding tert-OH is 1. The Morgan fingerprint density at radius 1 is 1.25 bits per heavy atom. The Hall–Kier alpha value is 0.776. The zero-order valence-corrected chi connectivity index (χ0v) is 10.5. The monoisotopic (exact) mass is 192 g/mol. The van der Waals surface area contributed by atoms with Gasteiger partial charge in [-0.2, -0.15) is 0 Å². The number of hydrogen-bond acceptors (Lipinski definition) is 2. The van der Waals surface area contributed by atoms with Gasteiger partial charge in [0.25, 0.3) is 0 Å². The van der Waals surface area contributed by atoms with Crippen LogP contribution in [0.2, 0.25) is 0 Å². The van der Waals surface area contributed by atoms with Gasteiger partial charge in [-0.05, 0) is 5.56 Å². The quantitative estimate of drug-likeness (QED) is 0.456. The van der Waals surface area contributed by atoms with Gasteiger partial charge >= 0.3 is 51.4 Å². The Balaban J connectivity index is 0. The molecule has 0 aliphatic rings. The van der Waals surface area contributed by atoms with E-state index in [9.17, 15) is 0 Å². The molecule has 12 heavy (non-hydrogen) atoms. The molecule has 0 radical (unpaired) electrons. The summed E-state index contributed by atoms with van der Waals surface area (Å²) in [6, 6.07) is 9.90. The van der Waals surface area contributed by atoms with Crippen LogP contribution >= 0.6 is 0 Å². The molecular formula is C9H13KO2. The van der Waals surface area contributed by atoms with Crippen molar-refractivity contribution < 1.29 is 62.7 Å². The molecule has 1 rings (SSSR count). The number of aliphatic hydroxyl groups is 1. The van der Waals surface area contributed by atoms with E-state index < -0.39 is 0 Å². The maximum atomic E-state index is 8.42. The first-order valence-electron chi connectivity index (χ1n) is 3.66. The molecule has 1 aromatic carbocycles. The van der Waals surface area contributed by atoms with E-state index in [-0.39, 0.29) is 59.4 Å². The van der Waals surface area contributed by atoms with Gasteiger partial charge < -0.3 is 11.3 Å². The Bertz CT molecular complexity index is 194. The third-order valence-electron chi connectivity index (χ3n) is 1.35. The summed E-state index contributed by atoms with van der Waals surface area (Å²) in [5, 5.41) is 8.42. The summed E-state index contributed by atoms with van der Waals surface area (Å²) in [5.41, 5.74) is 1.14. The van der Waals surface area contributed by atoms with Crippen LogP contribution < -0.4 is 51.4 Å². The van der Waals surface area contributed by atoms with E-state index in [0.29, 0.717) is 13.2 Å². The molecule has 0 amide bonds. The summed E-state index contributed by atoms with van der Waals surface area (Å²) in [5.74, 6) is 0. The molecule has 0 fully saturated rings. The maximum absolute atomic E-state index is 8.42. The second kappa shape index (κ2) is 8.38. The van der Waals surface area contributed by atoms with Crippen LogP contribution in [0.25, 0.3) is 0 Å². The smallest absolute Gasteiger partial charge is 1.00 e. The van der Waals surface area contributed by atoms with Crippen molar-refractivity contribution >= 4 is 0 Å². The van der Waals surface area contributed by atoms with Gasteiger partial charge in [0.05, 0.1) is 19.8 Å². The molecular weight excluding hydrogens is 179 g/mol. The Kier molecular flexibility index (Phi) is 8.92. The molecule has 0 aliphatic carbocycles. The van der Waals surface area contributed by atoms with Crippen LogP contribution in [0.3, 0.4) is 0 Å². The molecule has 0 aliphatic heterocycles.